The van der Waals surface area contributed by atoms with Gasteiger partial charge in [0.15, 0.2) is 9.84 Å². The molecular weight excluding hydrogens is 414 g/mol. The van der Waals surface area contributed by atoms with E-state index in [1.165, 1.54) is 18.2 Å². The second-order valence-corrected chi connectivity index (χ2v) is 8.77. The molecule has 1 amide bonds. The fraction of sp³-hybridized carbons (Fsp3) is 0.0952. The first-order valence-corrected chi connectivity index (χ1v) is 10.8. The summed E-state index contributed by atoms with van der Waals surface area (Å²) in [6.07, 6.45) is 0.985. The Labute approximate surface area is 173 Å². The van der Waals surface area contributed by atoms with Crippen LogP contribution in [0.5, 0.6) is 11.5 Å². The number of ether oxygens (including phenoxy) is 1. The molecule has 0 fully saturated rings. The zero-order valence-electron chi connectivity index (χ0n) is 15.4. The zero-order chi connectivity index (χ0) is 21.0. The van der Waals surface area contributed by atoms with Gasteiger partial charge in [-0.05, 0) is 60.2 Å². The van der Waals surface area contributed by atoms with Crippen LogP contribution < -0.4 is 10.1 Å². The SMILES string of the molecule is CS(=O)(=O)c1cc(NC(=O)c2ccc(COc3ccc(Cl)cc3)cc2)ccc1O. The van der Waals surface area contributed by atoms with Crippen molar-refractivity contribution in [3.8, 4) is 11.5 Å². The third-order valence-electron chi connectivity index (χ3n) is 4.05. The fourth-order valence-electron chi connectivity index (χ4n) is 2.54. The Kier molecular flexibility index (Phi) is 6.10. The van der Waals surface area contributed by atoms with Crippen molar-refractivity contribution in [3.05, 3.63) is 82.9 Å². The van der Waals surface area contributed by atoms with E-state index in [2.05, 4.69) is 5.32 Å². The molecule has 0 unspecified atom stereocenters. The number of amides is 1. The minimum Gasteiger partial charge on any atom is -0.507 e. The molecule has 0 aliphatic carbocycles. The van der Waals surface area contributed by atoms with Crippen molar-refractivity contribution < 1.29 is 23.1 Å². The summed E-state index contributed by atoms with van der Waals surface area (Å²) in [7, 11) is -3.62. The van der Waals surface area contributed by atoms with Crippen LogP contribution in [0, 0.1) is 0 Å². The number of halogens is 1. The topological polar surface area (TPSA) is 92.7 Å². The standard InChI is InChI=1S/C21H18ClNO5S/c1-29(26,27)20-12-17(8-11-19(20)24)23-21(25)15-4-2-14(3-5-15)13-28-18-9-6-16(22)7-10-18/h2-12,24H,13H2,1H3,(H,23,25). The molecule has 3 aromatic carbocycles. The van der Waals surface area contributed by atoms with Gasteiger partial charge < -0.3 is 15.2 Å². The van der Waals surface area contributed by atoms with Crippen LogP contribution in [0.2, 0.25) is 5.02 Å². The Morgan fingerprint density at radius 1 is 1.03 bits per heavy atom. The van der Waals surface area contributed by atoms with Gasteiger partial charge in [-0.1, -0.05) is 23.7 Å². The summed E-state index contributed by atoms with van der Waals surface area (Å²) < 4.78 is 29.0. The van der Waals surface area contributed by atoms with E-state index in [1.54, 1.807) is 48.5 Å². The van der Waals surface area contributed by atoms with Crippen LogP contribution in [0.25, 0.3) is 0 Å². The summed E-state index contributed by atoms with van der Waals surface area (Å²) in [5.74, 6) is -0.0823. The molecule has 0 atom stereocenters. The number of hydrogen-bond donors (Lipinski definition) is 2. The highest BCUT2D eigenvalue weighted by Crippen LogP contribution is 2.26. The molecule has 0 aromatic heterocycles. The highest BCUT2D eigenvalue weighted by atomic mass is 35.5. The zero-order valence-corrected chi connectivity index (χ0v) is 17.0. The molecule has 0 spiro atoms. The maximum absolute atomic E-state index is 12.4. The number of carbonyl (C=O) groups is 1. The normalized spacial score (nSPS) is 11.1. The number of phenolic OH excluding ortho intramolecular Hbond substituents is 1. The van der Waals surface area contributed by atoms with Crippen LogP contribution in [0.1, 0.15) is 15.9 Å². The van der Waals surface area contributed by atoms with E-state index < -0.39 is 15.7 Å². The number of sulfone groups is 1. The molecule has 0 radical (unpaired) electrons. The number of rotatable bonds is 6. The van der Waals surface area contributed by atoms with Crippen molar-refractivity contribution in [1.29, 1.82) is 0 Å². The molecule has 6 nitrogen and oxygen atoms in total. The van der Waals surface area contributed by atoms with Gasteiger partial charge in [0.25, 0.3) is 5.91 Å². The molecule has 0 aliphatic rings. The van der Waals surface area contributed by atoms with Gasteiger partial charge in [-0.15, -0.1) is 0 Å². The number of hydrogen-bond acceptors (Lipinski definition) is 5. The molecule has 2 N–H and O–H groups in total. The van der Waals surface area contributed by atoms with Crippen LogP contribution >= 0.6 is 11.6 Å². The lowest BCUT2D eigenvalue weighted by Crippen LogP contribution is -2.12. The molecule has 3 rings (SSSR count). The van der Waals surface area contributed by atoms with E-state index in [-0.39, 0.29) is 16.3 Å². The average Bonchev–Trinajstić information content (AvgIpc) is 2.68. The van der Waals surface area contributed by atoms with E-state index in [0.29, 0.717) is 22.9 Å². The van der Waals surface area contributed by atoms with Crippen molar-refractivity contribution in [2.75, 3.05) is 11.6 Å². The Bertz CT molecular complexity index is 1130. The van der Waals surface area contributed by atoms with Crippen LogP contribution in [0.3, 0.4) is 0 Å². The first-order chi connectivity index (χ1) is 13.7. The van der Waals surface area contributed by atoms with Crippen LogP contribution in [-0.2, 0) is 16.4 Å². The Hall–Kier alpha value is -3.03. The van der Waals surface area contributed by atoms with Gasteiger partial charge >= 0.3 is 0 Å². The number of nitrogens with one attached hydrogen (secondary N) is 1. The molecule has 0 bridgehead atoms. The fourth-order valence-corrected chi connectivity index (χ4v) is 3.46. The summed E-state index contributed by atoms with van der Waals surface area (Å²) in [6, 6.07) is 17.7. The Morgan fingerprint density at radius 2 is 1.69 bits per heavy atom. The molecule has 0 heterocycles. The molecule has 0 saturated carbocycles. The molecule has 0 aliphatic heterocycles. The van der Waals surface area contributed by atoms with Gasteiger partial charge in [0.2, 0.25) is 0 Å². The number of benzene rings is 3. The van der Waals surface area contributed by atoms with E-state index in [9.17, 15) is 18.3 Å². The van der Waals surface area contributed by atoms with Gasteiger partial charge in [-0.2, -0.15) is 0 Å². The summed E-state index contributed by atoms with van der Waals surface area (Å²) in [5, 5.41) is 12.9. The van der Waals surface area contributed by atoms with Gasteiger partial charge in [-0.3, -0.25) is 4.79 Å². The van der Waals surface area contributed by atoms with Gasteiger partial charge in [0.1, 0.15) is 23.0 Å². The summed E-state index contributed by atoms with van der Waals surface area (Å²) in [5.41, 5.74) is 1.54. The lowest BCUT2D eigenvalue weighted by molar-refractivity contribution is 0.102. The van der Waals surface area contributed by atoms with E-state index in [1.807, 2.05) is 0 Å². The molecule has 8 heteroatoms. The third-order valence-corrected chi connectivity index (χ3v) is 5.43. The van der Waals surface area contributed by atoms with Crippen molar-refractivity contribution in [1.82, 2.24) is 0 Å². The first kappa shape index (κ1) is 20.7. The van der Waals surface area contributed by atoms with Gasteiger partial charge in [0, 0.05) is 22.5 Å². The maximum atomic E-state index is 12.4. The Balaban J connectivity index is 1.65. The second kappa shape index (κ2) is 8.55. The van der Waals surface area contributed by atoms with Gasteiger partial charge in [-0.25, -0.2) is 8.42 Å². The van der Waals surface area contributed by atoms with E-state index in [0.717, 1.165) is 11.8 Å². The second-order valence-electron chi connectivity index (χ2n) is 6.35. The summed E-state index contributed by atoms with van der Waals surface area (Å²) in [4.78, 5) is 12.2. The van der Waals surface area contributed by atoms with E-state index >= 15 is 0 Å². The highest BCUT2D eigenvalue weighted by Gasteiger charge is 2.15. The monoisotopic (exact) mass is 431 g/mol. The van der Waals surface area contributed by atoms with Crippen LogP contribution in [0.4, 0.5) is 5.69 Å². The summed E-state index contributed by atoms with van der Waals surface area (Å²) >= 11 is 5.84. The molecular formula is C21H18ClNO5S. The molecule has 150 valence electrons. The smallest absolute Gasteiger partial charge is 0.255 e. The van der Waals surface area contributed by atoms with Crippen molar-refractivity contribution in [2.45, 2.75) is 11.5 Å². The van der Waals surface area contributed by atoms with Crippen molar-refractivity contribution >= 4 is 33.0 Å². The molecule has 0 saturated heterocycles. The number of aromatic hydroxyl groups is 1. The number of phenols is 1. The lowest BCUT2D eigenvalue weighted by Gasteiger charge is -2.09. The maximum Gasteiger partial charge on any atom is 0.255 e. The van der Waals surface area contributed by atoms with Crippen molar-refractivity contribution in [3.63, 3.8) is 0 Å². The predicted octanol–water partition coefficient (Wildman–Crippen LogP) is 4.28. The minimum absolute atomic E-state index is 0.245. The lowest BCUT2D eigenvalue weighted by atomic mass is 10.1. The predicted molar refractivity (Wildman–Crippen MR) is 111 cm³/mol. The first-order valence-electron chi connectivity index (χ1n) is 8.54. The molecule has 3 aromatic rings. The minimum atomic E-state index is -3.62. The third kappa shape index (κ3) is 5.49. The highest BCUT2D eigenvalue weighted by molar-refractivity contribution is 7.90. The van der Waals surface area contributed by atoms with Crippen molar-refractivity contribution in [2.24, 2.45) is 0 Å². The van der Waals surface area contributed by atoms with Gasteiger partial charge in [0.05, 0.1) is 0 Å². The average molecular weight is 432 g/mol. The molecule has 29 heavy (non-hydrogen) atoms. The number of anilines is 1. The quantitative estimate of drug-likeness (QED) is 0.568. The largest absolute Gasteiger partial charge is 0.507 e. The number of carbonyl (C=O) groups excluding carboxylic acids is 1. The Morgan fingerprint density at radius 3 is 2.31 bits per heavy atom. The van der Waals surface area contributed by atoms with Crippen LogP contribution in [-0.4, -0.2) is 25.7 Å². The van der Waals surface area contributed by atoms with Crippen LogP contribution in [0.15, 0.2) is 71.6 Å². The van der Waals surface area contributed by atoms with E-state index in [4.69, 9.17) is 16.3 Å². The summed E-state index contributed by atoms with van der Waals surface area (Å²) in [6.45, 7) is 0.333.